The van der Waals surface area contributed by atoms with Gasteiger partial charge in [0.2, 0.25) is 0 Å². The van der Waals surface area contributed by atoms with E-state index >= 15 is 0 Å². The molecule has 1 aromatic rings. The highest BCUT2D eigenvalue weighted by Crippen LogP contribution is 2.46. The predicted octanol–water partition coefficient (Wildman–Crippen LogP) is 5.41. The van der Waals surface area contributed by atoms with E-state index in [4.69, 9.17) is 9.47 Å². The van der Waals surface area contributed by atoms with E-state index in [2.05, 4.69) is 33.8 Å². The van der Waals surface area contributed by atoms with Crippen LogP contribution in [0.2, 0.25) is 0 Å². The van der Waals surface area contributed by atoms with Gasteiger partial charge in [0.15, 0.2) is 0 Å². The molecule has 4 heteroatoms. The summed E-state index contributed by atoms with van der Waals surface area (Å²) in [7, 11) is 0. The molecule has 1 aliphatic heterocycles. The second-order valence-electron chi connectivity index (χ2n) is 9.27. The average molecular weight is 385 g/mol. The Bertz CT molecular complexity index is 759. The van der Waals surface area contributed by atoms with Gasteiger partial charge in [0.25, 0.3) is 0 Å². The van der Waals surface area contributed by atoms with Crippen LogP contribution in [0.4, 0.5) is 0 Å². The van der Waals surface area contributed by atoms with Crippen molar-refractivity contribution in [2.45, 2.75) is 77.6 Å². The number of hydrogen-bond donors (Lipinski definition) is 1. The summed E-state index contributed by atoms with van der Waals surface area (Å²) >= 11 is 0. The number of fused-ring (bicyclic) bond motifs is 1. The first-order valence-electron chi connectivity index (χ1n) is 10.2. The van der Waals surface area contributed by atoms with E-state index in [0.717, 1.165) is 37.7 Å². The van der Waals surface area contributed by atoms with Gasteiger partial charge in [-0.25, -0.2) is 4.79 Å². The summed E-state index contributed by atoms with van der Waals surface area (Å²) in [6, 6.07) is 6.71. The molecule has 0 spiro atoms. The lowest BCUT2D eigenvalue weighted by Gasteiger charge is -2.29. The maximum Gasteiger partial charge on any atom is 0.331 e. The number of epoxide rings is 1. The third-order valence-electron chi connectivity index (χ3n) is 5.84. The van der Waals surface area contributed by atoms with Crippen molar-refractivity contribution in [1.29, 1.82) is 0 Å². The lowest BCUT2D eigenvalue weighted by molar-refractivity contribution is -0.145. The van der Waals surface area contributed by atoms with Crippen molar-refractivity contribution in [1.82, 2.24) is 0 Å². The molecule has 28 heavy (non-hydrogen) atoms. The maximum absolute atomic E-state index is 12.4. The van der Waals surface area contributed by atoms with Crippen LogP contribution in [0.15, 0.2) is 42.0 Å². The Morgan fingerprint density at radius 2 is 1.93 bits per heavy atom. The minimum atomic E-state index is -0.337. The fourth-order valence-corrected chi connectivity index (χ4v) is 4.01. The van der Waals surface area contributed by atoms with E-state index < -0.39 is 0 Å². The van der Waals surface area contributed by atoms with Gasteiger partial charge < -0.3 is 14.6 Å². The molecule has 0 saturated carbocycles. The molecule has 3 rings (SSSR count). The second kappa shape index (κ2) is 8.12. The molecular weight excluding hydrogens is 352 g/mol. The fraction of sp³-hybridized carbons (Fsp3) is 0.542. The van der Waals surface area contributed by atoms with Crippen LogP contribution in [0.25, 0.3) is 6.08 Å². The van der Waals surface area contributed by atoms with Gasteiger partial charge in [-0.2, -0.15) is 0 Å². The van der Waals surface area contributed by atoms with Gasteiger partial charge in [-0.1, -0.05) is 37.6 Å². The molecule has 0 radical (unpaired) electrons. The monoisotopic (exact) mass is 384 g/mol. The quantitative estimate of drug-likeness (QED) is 0.327. The highest BCUT2D eigenvalue weighted by atomic mass is 16.6. The molecule has 0 unspecified atom stereocenters. The maximum atomic E-state index is 12.4. The van der Waals surface area contributed by atoms with Gasteiger partial charge in [0, 0.05) is 12.5 Å². The van der Waals surface area contributed by atoms with Crippen molar-refractivity contribution in [2.24, 2.45) is 5.41 Å². The van der Waals surface area contributed by atoms with Crippen molar-refractivity contribution < 1.29 is 19.4 Å². The summed E-state index contributed by atoms with van der Waals surface area (Å²) in [6.07, 6.45) is 10.2. The number of allylic oxidation sites excluding steroid dienone is 2. The van der Waals surface area contributed by atoms with E-state index in [1.165, 1.54) is 11.6 Å². The number of phenolic OH excluding ortho intramolecular Hbond substituents is 1. The summed E-state index contributed by atoms with van der Waals surface area (Å²) in [5.41, 5.74) is 2.12. The van der Waals surface area contributed by atoms with Crippen molar-refractivity contribution in [3.63, 3.8) is 0 Å². The van der Waals surface area contributed by atoms with Crippen LogP contribution in [0, 0.1) is 5.41 Å². The van der Waals surface area contributed by atoms with Gasteiger partial charge in [-0.3, -0.25) is 0 Å². The van der Waals surface area contributed by atoms with E-state index in [0.29, 0.717) is 0 Å². The molecule has 152 valence electrons. The molecule has 4 nitrogen and oxygen atoms in total. The van der Waals surface area contributed by atoms with Crippen molar-refractivity contribution in [3.8, 4) is 5.75 Å². The Labute approximate surface area is 168 Å². The standard InChI is InChI=1S/C24H32O4/c1-17-5-11-21-24(4,28-21)16-20(15-23(2,3)14-13-17)27-22(26)12-8-18-6-9-19(25)10-7-18/h6-10,12-13,20-21,25H,5,11,14-16H2,1-4H3/b12-8+,17-13+/t20-,21+,24+/m1/s1. The summed E-state index contributed by atoms with van der Waals surface area (Å²) in [5, 5.41) is 9.35. The molecule has 0 bridgehead atoms. The summed E-state index contributed by atoms with van der Waals surface area (Å²) in [6.45, 7) is 8.79. The smallest absolute Gasteiger partial charge is 0.331 e. The molecule has 1 aliphatic carbocycles. The normalized spacial score (nSPS) is 31.9. The topological polar surface area (TPSA) is 59.1 Å². The molecule has 1 fully saturated rings. The number of esters is 1. The Hall–Kier alpha value is -2.07. The Balaban J connectivity index is 1.68. The Morgan fingerprint density at radius 1 is 1.21 bits per heavy atom. The minimum absolute atomic E-state index is 0.0535. The molecule has 0 aromatic heterocycles. The number of hydrogen-bond acceptors (Lipinski definition) is 4. The number of rotatable bonds is 3. The number of carbonyl (C=O) groups is 1. The molecule has 0 amide bonds. The average Bonchev–Trinajstić information content (AvgIpc) is 3.26. The second-order valence-corrected chi connectivity index (χ2v) is 9.27. The fourth-order valence-electron chi connectivity index (χ4n) is 4.01. The Morgan fingerprint density at radius 3 is 2.64 bits per heavy atom. The largest absolute Gasteiger partial charge is 0.508 e. The molecule has 1 N–H and O–H groups in total. The number of aromatic hydroxyl groups is 1. The van der Waals surface area contributed by atoms with E-state index in [1.54, 1.807) is 30.3 Å². The molecule has 1 heterocycles. The number of phenols is 1. The van der Waals surface area contributed by atoms with E-state index in [9.17, 15) is 9.90 Å². The van der Waals surface area contributed by atoms with Crippen LogP contribution < -0.4 is 0 Å². The van der Waals surface area contributed by atoms with Crippen LogP contribution in [-0.2, 0) is 14.3 Å². The van der Waals surface area contributed by atoms with Crippen LogP contribution in [0.1, 0.15) is 65.4 Å². The van der Waals surface area contributed by atoms with Gasteiger partial charge in [0.05, 0.1) is 11.7 Å². The first kappa shape index (κ1) is 20.7. The van der Waals surface area contributed by atoms with Gasteiger partial charge in [0.1, 0.15) is 11.9 Å². The lowest BCUT2D eigenvalue weighted by Crippen LogP contribution is -2.29. The third-order valence-corrected chi connectivity index (χ3v) is 5.84. The van der Waals surface area contributed by atoms with Crippen molar-refractivity contribution in [2.75, 3.05) is 0 Å². The van der Waals surface area contributed by atoms with Gasteiger partial charge in [-0.05, 0) is 68.7 Å². The summed E-state index contributed by atoms with van der Waals surface area (Å²) in [5.74, 6) is -0.132. The number of benzene rings is 1. The number of ether oxygens (including phenoxy) is 2. The van der Waals surface area contributed by atoms with Crippen molar-refractivity contribution >= 4 is 12.0 Å². The molecule has 2 aliphatic rings. The zero-order valence-corrected chi connectivity index (χ0v) is 17.4. The predicted molar refractivity (Wildman–Crippen MR) is 111 cm³/mol. The zero-order chi connectivity index (χ0) is 20.4. The van der Waals surface area contributed by atoms with E-state index in [1.807, 2.05) is 0 Å². The van der Waals surface area contributed by atoms with Crippen molar-refractivity contribution in [3.05, 3.63) is 47.6 Å². The van der Waals surface area contributed by atoms with Crippen LogP contribution in [0.5, 0.6) is 5.75 Å². The Kier molecular flexibility index (Phi) is 5.99. The molecule has 3 atom stereocenters. The number of carbonyl (C=O) groups excluding carboxylic acids is 1. The first-order chi connectivity index (χ1) is 13.2. The van der Waals surface area contributed by atoms with Gasteiger partial charge in [-0.15, -0.1) is 0 Å². The third kappa shape index (κ3) is 5.71. The molecule has 1 saturated heterocycles. The zero-order valence-electron chi connectivity index (χ0n) is 17.4. The van der Waals surface area contributed by atoms with Crippen LogP contribution >= 0.6 is 0 Å². The molecule has 1 aromatic carbocycles. The first-order valence-corrected chi connectivity index (χ1v) is 10.2. The molecular formula is C24H32O4. The highest BCUT2D eigenvalue weighted by molar-refractivity contribution is 5.87. The van der Waals surface area contributed by atoms with Gasteiger partial charge >= 0.3 is 5.97 Å². The summed E-state index contributed by atoms with van der Waals surface area (Å²) < 4.78 is 11.8. The lowest BCUT2D eigenvalue weighted by atomic mass is 9.81. The van der Waals surface area contributed by atoms with Crippen LogP contribution in [-0.4, -0.2) is 28.9 Å². The summed E-state index contributed by atoms with van der Waals surface area (Å²) in [4.78, 5) is 12.4. The minimum Gasteiger partial charge on any atom is -0.508 e. The SMILES string of the molecule is C/C1=C\CC(C)(C)C[C@@H](OC(=O)/C=C/c2ccc(O)cc2)C[C@]2(C)O[C@H]2CC1. The van der Waals surface area contributed by atoms with E-state index in [-0.39, 0.29) is 34.9 Å². The van der Waals surface area contributed by atoms with Crippen LogP contribution in [0.3, 0.4) is 0 Å². The highest BCUT2D eigenvalue weighted by Gasteiger charge is 2.53.